The number of rotatable bonds is 3. The molecule has 1 unspecified atom stereocenters. The van der Waals surface area contributed by atoms with Gasteiger partial charge in [-0.05, 0) is 0 Å². The van der Waals surface area contributed by atoms with E-state index in [1.54, 1.807) is 4.90 Å². The van der Waals surface area contributed by atoms with Crippen molar-refractivity contribution in [2.24, 2.45) is 0 Å². The molecule has 15 heavy (non-hydrogen) atoms. The Morgan fingerprint density at radius 3 is 2.40 bits per heavy atom. The number of carboxylic acid groups (broad SMARTS) is 1. The first-order valence-corrected chi connectivity index (χ1v) is 6.39. The highest BCUT2D eigenvalue weighted by Crippen LogP contribution is 2.10. The fourth-order valence-electron chi connectivity index (χ4n) is 1.52. The third kappa shape index (κ3) is 3.22. The molecule has 0 spiro atoms. The molecular formula is C9H13NO4S. The van der Waals surface area contributed by atoms with Crippen molar-refractivity contribution in [3.8, 4) is 12.3 Å². The first-order chi connectivity index (χ1) is 6.96. The Kier molecular flexibility index (Phi) is 3.72. The van der Waals surface area contributed by atoms with E-state index in [2.05, 4.69) is 5.92 Å². The Morgan fingerprint density at radius 1 is 1.47 bits per heavy atom. The zero-order valence-electron chi connectivity index (χ0n) is 8.22. The molecule has 1 N–H and O–H groups in total. The number of nitrogens with zero attached hydrogens (tertiary/aromatic N) is 1. The van der Waals surface area contributed by atoms with Gasteiger partial charge in [0.25, 0.3) is 0 Å². The fourth-order valence-corrected chi connectivity index (χ4v) is 2.75. The largest absolute Gasteiger partial charge is 0.480 e. The van der Waals surface area contributed by atoms with Crippen molar-refractivity contribution in [2.75, 3.05) is 24.6 Å². The highest BCUT2D eigenvalue weighted by atomic mass is 32.2. The van der Waals surface area contributed by atoms with Crippen LogP contribution in [0.4, 0.5) is 0 Å². The molecule has 1 rings (SSSR count). The lowest BCUT2D eigenvalue weighted by Crippen LogP contribution is -2.49. The number of carboxylic acids is 1. The molecule has 5 nitrogen and oxygen atoms in total. The molecule has 0 amide bonds. The van der Waals surface area contributed by atoms with Crippen molar-refractivity contribution in [1.82, 2.24) is 4.90 Å². The Morgan fingerprint density at radius 2 is 2.00 bits per heavy atom. The average Bonchev–Trinajstić information content (AvgIpc) is 2.14. The fraction of sp³-hybridized carbons (Fsp3) is 0.667. The SMILES string of the molecule is C#CCC(C(=O)O)N1CCS(=O)(=O)CC1. The molecule has 0 aliphatic carbocycles. The lowest BCUT2D eigenvalue weighted by molar-refractivity contribution is -0.143. The van der Waals surface area contributed by atoms with E-state index < -0.39 is 21.8 Å². The highest BCUT2D eigenvalue weighted by Gasteiger charge is 2.30. The van der Waals surface area contributed by atoms with Crippen molar-refractivity contribution >= 4 is 15.8 Å². The minimum Gasteiger partial charge on any atom is -0.480 e. The van der Waals surface area contributed by atoms with Crippen molar-refractivity contribution in [2.45, 2.75) is 12.5 Å². The average molecular weight is 231 g/mol. The number of carbonyl (C=O) groups is 1. The number of hydrogen-bond acceptors (Lipinski definition) is 4. The Labute approximate surface area is 89.0 Å². The topological polar surface area (TPSA) is 74.7 Å². The molecule has 1 aliphatic heterocycles. The van der Waals surface area contributed by atoms with Gasteiger partial charge in [0.15, 0.2) is 9.84 Å². The van der Waals surface area contributed by atoms with Gasteiger partial charge in [-0.1, -0.05) is 0 Å². The van der Waals surface area contributed by atoms with Crippen molar-refractivity contribution in [3.63, 3.8) is 0 Å². The second-order valence-electron chi connectivity index (χ2n) is 3.45. The van der Waals surface area contributed by atoms with Crippen LogP contribution in [-0.2, 0) is 14.6 Å². The van der Waals surface area contributed by atoms with Crippen LogP contribution in [0.2, 0.25) is 0 Å². The lowest BCUT2D eigenvalue weighted by atomic mass is 10.2. The molecule has 1 saturated heterocycles. The summed E-state index contributed by atoms with van der Waals surface area (Å²) in [5.74, 6) is 1.33. The zero-order chi connectivity index (χ0) is 11.5. The monoisotopic (exact) mass is 231 g/mol. The molecule has 0 aromatic rings. The standard InChI is InChI=1S/C9H13NO4S/c1-2-3-8(9(11)12)10-4-6-15(13,14)7-5-10/h1,8H,3-7H2,(H,11,12). The summed E-state index contributed by atoms with van der Waals surface area (Å²) in [6.07, 6.45) is 5.18. The van der Waals surface area contributed by atoms with E-state index in [-0.39, 0.29) is 31.0 Å². The van der Waals surface area contributed by atoms with E-state index in [1.807, 2.05) is 0 Å². The van der Waals surface area contributed by atoms with Gasteiger partial charge in [0.1, 0.15) is 6.04 Å². The van der Waals surface area contributed by atoms with Gasteiger partial charge in [-0.3, -0.25) is 9.69 Å². The molecular weight excluding hydrogens is 218 g/mol. The third-order valence-corrected chi connectivity index (χ3v) is 4.03. The van der Waals surface area contributed by atoms with Crippen molar-refractivity contribution in [3.05, 3.63) is 0 Å². The van der Waals surface area contributed by atoms with Crippen molar-refractivity contribution in [1.29, 1.82) is 0 Å². The van der Waals surface area contributed by atoms with Gasteiger partial charge in [0.2, 0.25) is 0 Å². The van der Waals surface area contributed by atoms with Crippen LogP contribution in [-0.4, -0.2) is 55.0 Å². The summed E-state index contributed by atoms with van der Waals surface area (Å²) in [7, 11) is -2.98. The highest BCUT2D eigenvalue weighted by molar-refractivity contribution is 7.91. The smallest absolute Gasteiger partial charge is 0.321 e. The van der Waals surface area contributed by atoms with Gasteiger partial charge < -0.3 is 5.11 Å². The molecule has 6 heteroatoms. The predicted octanol–water partition coefficient (Wildman–Crippen LogP) is -0.807. The van der Waals surface area contributed by atoms with E-state index in [0.29, 0.717) is 0 Å². The molecule has 0 radical (unpaired) electrons. The maximum absolute atomic E-state index is 11.1. The minimum atomic E-state index is -2.98. The summed E-state index contributed by atoms with van der Waals surface area (Å²) in [6.45, 7) is 0.502. The number of aliphatic carboxylic acids is 1. The molecule has 0 bridgehead atoms. The van der Waals surface area contributed by atoms with E-state index in [9.17, 15) is 13.2 Å². The Bertz CT molecular complexity index is 367. The van der Waals surface area contributed by atoms with E-state index in [4.69, 9.17) is 11.5 Å². The summed E-state index contributed by atoms with van der Waals surface area (Å²) >= 11 is 0. The molecule has 1 atom stereocenters. The summed E-state index contributed by atoms with van der Waals surface area (Å²) in [6, 6.07) is -0.759. The Balaban J connectivity index is 2.65. The summed E-state index contributed by atoms with van der Waals surface area (Å²) in [5, 5.41) is 8.90. The summed E-state index contributed by atoms with van der Waals surface area (Å²) < 4.78 is 22.3. The molecule has 84 valence electrons. The minimum absolute atomic E-state index is 0.0152. The van der Waals surface area contributed by atoms with Gasteiger partial charge in [0.05, 0.1) is 11.5 Å². The third-order valence-electron chi connectivity index (χ3n) is 2.42. The van der Waals surface area contributed by atoms with Gasteiger partial charge in [0, 0.05) is 19.5 Å². The van der Waals surface area contributed by atoms with E-state index in [1.165, 1.54) is 0 Å². The van der Waals surface area contributed by atoms with Crippen molar-refractivity contribution < 1.29 is 18.3 Å². The van der Waals surface area contributed by atoms with Crippen LogP contribution < -0.4 is 0 Å². The number of hydrogen-bond donors (Lipinski definition) is 1. The van der Waals surface area contributed by atoms with E-state index >= 15 is 0 Å². The van der Waals surface area contributed by atoms with Gasteiger partial charge in [-0.15, -0.1) is 12.3 Å². The van der Waals surface area contributed by atoms with Crippen LogP contribution in [0.15, 0.2) is 0 Å². The second kappa shape index (κ2) is 4.64. The Hall–Kier alpha value is -1.06. The van der Waals surface area contributed by atoms with Gasteiger partial charge >= 0.3 is 5.97 Å². The summed E-state index contributed by atoms with van der Waals surface area (Å²) in [5.41, 5.74) is 0. The number of terminal acetylenes is 1. The first kappa shape index (κ1) is 12.0. The molecule has 0 aromatic heterocycles. The van der Waals surface area contributed by atoms with Crippen LogP contribution in [0, 0.1) is 12.3 Å². The van der Waals surface area contributed by atoms with Gasteiger partial charge in [-0.25, -0.2) is 8.42 Å². The molecule has 1 heterocycles. The second-order valence-corrected chi connectivity index (χ2v) is 5.75. The maximum atomic E-state index is 11.1. The molecule has 1 aliphatic rings. The maximum Gasteiger partial charge on any atom is 0.321 e. The van der Waals surface area contributed by atoms with Crippen LogP contribution >= 0.6 is 0 Å². The molecule has 0 saturated carbocycles. The normalized spacial score (nSPS) is 22.9. The molecule has 0 aromatic carbocycles. The van der Waals surface area contributed by atoms with E-state index in [0.717, 1.165) is 0 Å². The van der Waals surface area contributed by atoms with Crippen LogP contribution in [0.5, 0.6) is 0 Å². The predicted molar refractivity (Wildman–Crippen MR) is 55.1 cm³/mol. The quantitative estimate of drug-likeness (QED) is 0.643. The van der Waals surface area contributed by atoms with Gasteiger partial charge in [-0.2, -0.15) is 0 Å². The summed E-state index contributed by atoms with van der Waals surface area (Å²) in [4.78, 5) is 12.5. The lowest BCUT2D eigenvalue weighted by Gasteiger charge is -2.30. The number of sulfone groups is 1. The van der Waals surface area contributed by atoms with Crippen LogP contribution in [0.3, 0.4) is 0 Å². The first-order valence-electron chi connectivity index (χ1n) is 4.57. The van der Waals surface area contributed by atoms with Crippen LogP contribution in [0.25, 0.3) is 0 Å². The van der Waals surface area contributed by atoms with Crippen LogP contribution in [0.1, 0.15) is 6.42 Å². The zero-order valence-corrected chi connectivity index (χ0v) is 9.03. The molecule has 1 fully saturated rings.